The minimum atomic E-state index is -3.41. The maximum atomic E-state index is 11.7. The first-order valence-electron chi connectivity index (χ1n) is 5.88. The number of aromatic nitrogens is 3. The number of hydrogen-bond donors (Lipinski definition) is 0. The van der Waals surface area contributed by atoms with Crippen molar-refractivity contribution in [2.75, 3.05) is 11.4 Å². The smallest absolute Gasteiger partial charge is 0.233 e. The van der Waals surface area contributed by atoms with Crippen molar-refractivity contribution >= 4 is 21.5 Å². The zero-order chi connectivity index (χ0) is 14.6. The molecule has 0 atom stereocenters. The number of sulfone groups is 1. The van der Waals surface area contributed by atoms with Crippen molar-refractivity contribution in [2.45, 2.75) is 11.8 Å². The molecule has 0 amide bonds. The van der Waals surface area contributed by atoms with E-state index in [0.717, 1.165) is 11.1 Å². The van der Waals surface area contributed by atoms with Gasteiger partial charge in [-0.1, -0.05) is 6.58 Å². The number of anilines is 2. The van der Waals surface area contributed by atoms with Gasteiger partial charge in [-0.25, -0.2) is 18.4 Å². The van der Waals surface area contributed by atoms with Crippen LogP contribution in [0.4, 0.5) is 11.6 Å². The predicted molar refractivity (Wildman–Crippen MR) is 75.2 cm³/mol. The molecule has 0 bridgehead atoms. The maximum absolute atomic E-state index is 11.7. The van der Waals surface area contributed by atoms with Crippen LogP contribution in [0, 0.1) is 6.33 Å². The van der Waals surface area contributed by atoms with Crippen LogP contribution in [0.25, 0.3) is 0 Å². The Labute approximate surface area is 117 Å². The van der Waals surface area contributed by atoms with Gasteiger partial charge in [-0.15, -0.1) is 0 Å². The van der Waals surface area contributed by atoms with Crippen LogP contribution >= 0.6 is 0 Å². The molecule has 1 radical (unpaired) electrons. The predicted octanol–water partition coefficient (Wildman–Crippen LogP) is 1.75. The Morgan fingerprint density at radius 1 is 1.35 bits per heavy atom. The first-order chi connectivity index (χ1) is 9.58. The van der Waals surface area contributed by atoms with Crippen LogP contribution in [0.1, 0.15) is 6.92 Å². The summed E-state index contributed by atoms with van der Waals surface area (Å²) >= 11 is 0. The topological polar surface area (TPSA) is 76.1 Å². The molecule has 0 unspecified atom stereocenters. The molecule has 7 heteroatoms. The summed E-state index contributed by atoms with van der Waals surface area (Å²) in [4.78, 5) is 13.7. The van der Waals surface area contributed by atoms with Crippen molar-refractivity contribution in [1.29, 1.82) is 0 Å². The lowest BCUT2D eigenvalue weighted by atomic mass is 10.3. The van der Waals surface area contributed by atoms with E-state index in [4.69, 9.17) is 0 Å². The van der Waals surface area contributed by atoms with Crippen molar-refractivity contribution in [3.05, 3.63) is 48.9 Å². The van der Waals surface area contributed by atoms with Crippen LogP contribution in [-0.4, -0.2) is 29.9 Å². The molecule has 2 rings (SSSR count). The first kappa shape index (κ1) is 14.1. The first-order valence-corrected chi connectivity index (χ1v) is 7.43. The van der Waals surface area contributed by atoms with Crippen LogP contribution in [0.2, 0.25) is 0 Å². The van der Waals surface area contributed by atoms with Gasteiger partial charge in [0.05, 0.1) is 4.90 Å². The molecule has 0 aliphatic heterocycles. The lowest BCUT2D eigenvalue weighted by molar-refractivity contribution is 0.604. The molecule has 0 saturated carbocycles. The van der Waals surface area contributed by atoms with Gasteiger partial charge >= 0.3 is 0 Å². The third-order valence-electron chi connectivity index (χ3n) is 2.69. The maximum Gasteiger partial charge on any atom is 0.233 e. The van der Waals surface area contributed by atoms with E-state index in [0.29, 0.717) is 12.5 Å². The summed E-state index contributed by atoms with van der Waals surface area (Å²) in [5, 5.41) is 0.931. The van der Waals surface area contributed by atoms with Crippen molar-refractivity contribution in [3.8, 4) is 0 Å². The minimum Gasteiger partial charge on any atom is -0.311 e. The van der Waals surface area contributed by atoms with E-state index in [-0.39, 0.29) is 4.90 Å². The minimum absolute atomic E-state index is 0.203. The van der Waals surface area contributed by atoms with E-state index in [1.165, 1.54) is 18.5 Å². The zero-order valence-corrected chi connectivity index (χ0v) is 11.7. The molecule has 0 aliphatic rings. The third-order valence-corrected chi connectivity index (χ3v) is 4.06. The van der Waals surface area contributed by atoms with Gasteiger partial charge in [-0.05, 0) is 31.2 Å². The summed E-state index contributed by atoms with van der Waals surface area (Å²) in [5.41, 5.74) is 0.787. The van der Waals surface area contributed by atoms with Crippen LogP contribution in [0.15, 0.2) is 47.5 Å². The molecule has 1 aromatic heterocycles. The highest BCUT2D eigenvalue weighted by Crippen LogP contribution is 2.23. The molecule has 103 valence electrons. The summed E-state index contributed by atoms with van der Waals surface area (Å²) in [7, 11) is -3.41. The van der Waals surface area contributed by atoms with Crippen LogP contribution < -0.4 is 4.90 Å². The van der Waals surface area contributed by atoms with E-state index >= 15 is 0 Å². The Hall–Kier alpha value is -2.28. The Morgan fingerprint density at radius 2 is 2.05 bits per heavy atom. The highest BCUT2D eigenvalue weighted by Gasteiger charge is 2.13. The van der Waals surface area contributed by atoms with E-state index in [1.54, 1.807) is 12.1 Å². The van der Waals surface area contributed by atoms with Gasteiger partial charge in [0.1, 0.15) is 6.33 Å². The average Bonchev–Trinajstić information content (AvgIpc) is 2.50. The zero-order valence-electron chi connectivity index (χ0n) is 10.9. The highest BCUT2D eigenvalue weighted by molar-refractivity contribution is 7.94. The Kier molecular flexibility index (Phi) is 4.09. The fourth-order valence-electron chi connectivity index (χ4n) is 1.69. The van der Waals surface area contributed by atoms with Crippen molar-refractivity contribution < 1.29 is 8.42 Å². The quantitative estimate of drug-likeness (QED) is 0.834. The number of benzene rings is 1. The van der Waals surface area contributed by atoms with Gasteiger partial charge in [0.25, 0.3) is 0 Å². The van der Waals surface area contributed by atoms with Crippen molar-refractivity contribution in [1.82, 2.24) is 15.0 Å². The summed E-state index contributed by atoms with van der Waals surface area (Å²) in [5.74, 6) is 0.460. The van der Waals surface area contributed by atoms with Crippen molar-refractivity contribution in [2.24, 2.45) is 0 Å². The van der Waals surface area contributed by atoms with Gasteiger partial charge in [-0.3, -0.25) is 0 Å². The molecule has 0 spiro atoms. The monoisotopic (exact) mass is 289 g/mol. The summed E-state index contributed by atoms with van der Waals surface area (Å²) in [6, 6.07) is 6.45. The third kappa shape index (κ3) is 2.83. The Balaban J connectivity index is 2.36. The van der Waals surface area contributed by atoms with E-state index < -0.39 is 9.84 Å². The molecule has 2 aromatic rings. The van der Waals surface area contributed by atoms with Gasteiger partial charge in [0.15, 0.2) is 9.84 Å². The molecule has 1 aromatic carbocycles. The van der Waals surface area contributed by atoms with E-state index in [9.17, 15) is 8.42 Å². The second kappa shape index (κ2) is 5.79. The SMILES string of the molecule is C=CS(=O)(=O)c1ccc(N(CC)c2n[c]ncn2)cc1. The largest absolute Gasteiger partial charge is 0.311 e. The fourth-order valence-corrected chi connectivity index (χ4v) is 2.40. The number of nitrogens with zero attached hydrogens (tertiary/aromatic N) is 4. The normalized spacial score (nSPS) is 11.1. The second-order valence-electron chi connectivity index (χ2n) is 3.84. The Bertz CT molecular complexity index is 684. The Morgan fingerprint density at radius 3 is 2.55 bits per heavy atom. The molecule has 20 heavy (non-hydrogen) atoms. The van der Waals surface area contributed by atoms with E-state index in [2.05, 4.69) is 27.9 Å². The molecule has 1 heterocycles. The van der Waals surface area contributed by atoms with Crippen LogP contribution in [0.5, 0.6) is 0 Å². The molecule has 0 fully saturated rings. The lowest BCUT2D eigenvalue weighted by Gasteiger charge is -2.20. The summed E-state index contributed by atoms with van der Waals surface area (Å²) in [6.07, 6.45) is 3.84. The average molecular weight is 289 g/mol. The fraction of sp³-hybridized carbons (Fsp3) is 0.154. The van der Waals surface area contributed by atoms with Gasteiger partial charge in [0, 0.05) is 17.6 Å². The molecule has 0 saturated heterocycles. The summed E-state index contributed by atoms with van der Waals surface area (Å²) < 4.78 is 23.3. The van der Waals surface area contributed by atoms with Crippen molar-refractivity contribution in [3.63, 3.8) is 0 Å². The molecule has 6 nitrogen and oxygen atoms in total. The molecular weight excluding hydrogens is 276 g/mol. The lowest BCUT2D eigenvalue weighted by Crippen LogP contribution is -2.18. The summed E-state index contributed by atoms with van der Waals surface area (Å²) in [6.45, 7) is 5.87. The van der Waals surface area contributed by atoms with Gasteiger partial charge in [0.2, 0.25) is 12.3 Å². The standard InChI is InChI=1S/C13H13N4O2S/c1-3-17(13-15-9-14-10-16-13)11-5-7-12(8-6-11)20(18,19)4-2/h4-9H,2-3H2,1H3. The van der Waals surface area contributed by atoms with Gasteiger partial charge < -0.3 is 4.90 Å². The van der Waals surface area contributed by atoms with E-state index in [1.807, 2.05) is 11.8 Å². The molecule has 0 N–H and O–H groups in total. The highest BCUT2D eigenvalue weighted by atomic mass is 32.2. The number of rotatable bonds is 5. The van der Waals surface area contributed by atoms with Crippen LogP contribution in [-0.2, 0) is 9.84 Å². The van der Waals surface area contributed by atoms with Crippen LogP contribution in [0.3, 0.4) is 0 Å². The second-order valence-corrected chi connectivity index (χ2v) is 5.73. The van der Waals surface area contributed by atoms with Gasteiger partial charge in [-0.2, -0.15) is 4.98 Å². The number of hydrogen-bond acceptors (Lipinski definition) is 6. The molecular formula is C13H13N4O2S. The molecule has 0 aliphatic carbocycles.